The normalized spacial score (nSPS) is 13.4. The largest absolute Gasteiger partial charge is 0.439 e. The summed E-state index contributed by atoms with van der Waals surface area (Å²) in [5.74, 6) is 1.33. The van der Waals surface area contributed by atoms with Gasteiger partial charge in [-0.2, -0.15) is 4.98 Å². The molecule has 1 heterocycles. The summed E-state index contributed by atoms with van der Waals surface area (Å²) < 4.78 is 5.78. The number of nitrogens with zero attached hydrogens (tertiary/aromatic N) is 2. The van der Waals surface area contributed by atoms with Crippen LogP contribution in [0.25, 0.3) is 0 Å². The lowest BCUT2D eigenvalue weighted by Crippen LogP contribution is -1.94. The highest BCUT2D eigenvalue weighted by atomic mass is 35.5. The Balaban J connectivity index is 1.90. The minimum Gasteiger partial charge on any atom is -0.439 e. The van der Waals surface area contributed by atoms with Crippen molar-refractivity contribution in [1.82, 2.24) is 9.97 Å². The lowest BCUT2D eigenvalue weighted by Gasteiger charge is -2.08. The van der Waals surface area contributed by atoms with Crippen LogP contribution in [-0.4, -0.2) is 9.97 Å². The monoisotopic (exact) mass is 260 g/mol. The number of fused-ring (bicyclic) bond motifs is 1. The van der Waals surface area contributed by atoms with E-state index < -0.39 is 0 Å². The SMILES string of the molecule is Cc1cnc(Cl)nc1Oc1ccc2c(c1)CCC2. The first-order valence-corrected chi connectivity index (χ1v) is 6.39. The van der Waals surface area contributed by atoms with Crippen molar-refractivity contribution in [3.8, 4) is 11.6 Å². The Morgan fingerprint density at radius 1 is 1.22 bits per heavy atom. The van der Waals surface area contributed by atoms with E-state index in [1.807, 2.05) is 13.0 Å². The van der Waals surface area contributed by atoms with E-state index in [9.17, 15) is 0 Å². The summed E-state index contributed by atoms with van der Waals surface area (Å²) in [5, 5.41) is 0.205. The second kappa shape index (κ2) is 4.58. The summed E-state index contributed by atoms with van der Waals surface area (Å²) in [6, 6.07) is 6.22. The number of aryl methyl sites for hydroxylation is 3. The van der Waals surface area contributed by atoms with Crippen LogP contribution in [0.5, 0.6) is 11.6 Å². The molecule has 92 valence electrons. The molecular formula is C14H13ClN2O. The van der Waals surface area contributed by atoms with E-state index >= 15 is 0 Å². The number of aromatic nitrogens is 2. The summed E-state index contributed by atoms with van der Waals surface area (Å²) in [5.41, 5.74) is 3.69. The zero-order valence-electron chi connectivity index (χ0n) is 10.1. The van der Waals surface area contributed by atoms with Gasteiger partial charge < -0.3 is 4.74 Å². The number of halogens is 1. The first-order chi connectivity index (χ1) is 8.72. The molecule has 3 nitrogen and oxygen atoms in total. The minimum atomic E-state index is 0.205. The van der Waals surface area contributed by atoms with Crippen LogP contribution in [0.15, 0.2) is 24.4 Å². The molecule has 0 bridgehead atoms. The van der Waals surface area contributed by atoms with Crippen LogP contribution in [-0.2, 0) is 12.8 Å². The molecule has 0 aliphatic heterocycles. The Morgan fingerprint density at radius 2 is 2.06 bits per heavy atom. The zero-order chi connectivity index (χ0) is 12.5. The Morgan fingerprint density at radius 3 is 2.94 bits per heavy atom. The van der Waals surface area contributed by atoms with Gasteiger partial charge in [0.2, 0.25) is 11.2 Å². The smallest absolute Gasteiger partial charge is 0.226 e. The van der Waals surface area contributed by atoms with Crippen molar-refractivity contribution >= 4 is 11.6 Å². The highest BCUT2D eigenvalue weighted by Crippen LogP contribution is 2.29. The molecular weight excluding hydrogens is 248 g/mol. The third kappa shape index (κ3) is 2.18. The van der Waals surface area contributed by atoms with Crippen LogP contribution >= 0.6 is 11.6 Å². The zero-order valence-corrected chi connectivity index (χ0v) is 10.9. The van der Waals surface area contributed by atoms with Gasteiger partial charge in [-0.15, -0.1) is 0 Å². The average Bonchev–Trinajstić information content (AvgIpc) is 2.81. The van der Waals surface area contributed by atoms with Gasteiger partial charge in [-0.05, 0) is 61.0 Å². The van der Waals surface area contributed by atoms with E-state index in [0.717, 1.165) is 17.7 Å². The molecule has 0 atom stereocenters. The van der Waals surface area contributed by atoms with Crippen molar-refractivity contribution < 1.29 is 4.74 Å². The lowest BCUT2D eigenvalue weighted by molar-refractivity contribution is 0.457. The maximum atomic E-state index is 5.78. The fraction of sp³-hybridized carbons (Fsp3) is 0.286. The highest BCUT2D eigenvalue weighted by Gasteiger charge is 2.12. The fourth-order valence-electron chi connectivity index (χ4n) is 2.23. The Hall–Kier alpha value is -1.61. The molecule has 0 fully saturated rings. The quantitative estimate of drug-likeness (QED) is 0.772. The molecule has 1 aliphatic rings. The molecule has 0 N–H and O–H groups in total. The van der Waals surface area contributed by atoms with Gasteiger partial charge in [0, 0.05) is 11.8 Å². The van der Waals surface area contributed by atoms with Crippen molar-refractivity contribution in [1.29, 1.82) is 0 Å². The lowest BCUT2D eigenvalue weighted by atomic mass is 10.1. The van der Waals surface area contributed by atoms with Crippen LogP contribution < -0.4 is 4.74 Å². The van der Waals surface area contributed by atoms with Crippen molar-refractivity contribution in [2.75, 3.05) is 0 Å². The maximum absolute atomic E-state index is 5.78. The molecule has 1 aromatic heterocycles. The first kappa shape index (κ1) is 11.5. The first-order valence-electron chi connectivity index (χ1n) is 6.01. The van der Waals surface area contributed by atoms with Crippen molar-refractivity contribution in [2.45, 2.75) is 26.2 Å². The van der Waals surface area contributed by atoms with Crippen molar-refractivity contribution in [3.05, 3.63) is 46.4 Å². The summed E-state index contributed by atoms with van der Waals surface area (Å²) in [7, 11) is 0. The number of benzene rings is 1. The third-order valence-corrected chi connectivity index (χ3v) is 3.36. The Kier molecular flexibility index (Phi) is 2.92. The average molecular weight is 261 g/mol. The molecule has 18 heavy (non-hydrogen) atoms. The van der Waals surface area contributed by atoms with E-state index in [0.29, 0.717) is 5.88 Å². The van der Waals surface area contributed by atoms with Gasteiger partial charge >= 0.3 is 0 Å². The fourth-order valence-corrected chi connectivity index (χ4v) is 2.36. The predicted molar refractivity (Wildman–Crippen MR) is 70.3 cm³/mol. The molecule has 0 unspecified atom stereocenters. The molecule has 0 saturated heterocycles. The van der Waals surface area contributed by atoms with Crippen LogP contribution in [0, 0.1) is 6.92 Å². The van der Waals surface area contributed by atoms with Gasteiger partial charge in [-0.1, -0.05) is 6.07 Å². The van der Waals surface area contributed by atoms with E-state index in [1.165, 1.54) is 24.0 Å². The van der Waals surface area contributed by atoms with Gasteiger partial charge in [0.1, 0.15) is 5.75 Å². The van der Waals surface area contributed by atoms with Crippen LogP contribution in [0.1, 0.15) is 23.1 Å². The van der Waals surface area contributed by atoms with Crippen LogP contribution in [0.3, 0.4) is 0 Å². The molecule has 3 rings (SSSR count). The maximum Gasteiger partial charge on any atom is 0.226 e. The molecule has 0 radical (unpaired) electrons. The van der Waals surface area contributed by atoms with Gasteiger partial charge in [0.15, 0.2) is 0 Å². The van der Waals surface area contributed by atoms with Gasteiger partial charge in [0.25, 0.3) is 0 Å². The molecule has 1 aliphatic carbocycles. The highest BCUT2D eigenvalue weighted by molar-refractivity contribution is 6.28. The topological polar surface area (TPSA) is 35.0 Å². The molecule has 2 aromatic rings. The van der Waals surface area contributed by atoms with Crippen molar-refractivity contribution in [3.63, 3.8) is 0 Å². The van der Waals surface area contributed by atoms with E-state index in [-0.39, 0.29) is 5.28 Å². The Labute approximate surface area is 111 Å². The van der Waals surface area contributed by atoms with Gasteiger partial charge in [-0.3, -0.25) is 0 Å². The number of rotatable bonds is 2. The standard InChI is InChI=1S/C14H13ClN2O/c1-9-8-16-14(15)17-13(9)18-12-6-5-10-3-2-4-11(10)7-12/h5-8H,2-4H2,1H3. The number of ether oxygens (including phenoxy) is 1. The van der Waals surface area contributed by atoms with E-state index in [4.69, 9.17) is 16.3 Å². The predicted octanol–water partition coefficient (Wildman–Crippen LogP) is 3.72. The van der Waals surface area contributed by atoms with E-state index in [1.54, 1.807) is 6.20 Å². The van der Waals surface area contributed by atoms with Gasteiger partial charge in [0.05, 0.1) is 0 Å². The number of hydrogen-bond acceptors (Lipinski definition) is 3. The van der Waals surface area contributed by atoms with Crippen LogP contribution in [0.2, 0.25) is 5.28 Å². The summed E-state index contributed by atoms with van der Waals surface area (Å²) in [4.78, 5) is 8.01. The molecule has 0 amide bonds. The minimum absolute atomic E-state index is 0.205. The molecule has 4 heteroatoms. The van der Waals surface area contributed by atoms with Crippen LogP contribution in [0.4, 0.5) is 0 Å². The van der Waals surface area contributed by atoms with Gasteiger partial charge in [-0.25, -0.2) is 4.98 Å². The van der Waals surface area contributed by atoms with E-state index in [2.05, 4.69) is 22.1 Å². The molecule has 0 saturated carbocycles. The second-order valence-corrected chi connectivity index (χ2v) is 4.85. The summed E-state index contributed by atoms with van der Waals surface area (Å²) in [6.45, 7) is 1.90. The molecule has 0 spiro atoms. The summed E-state index contributed by atoms with van der Waals surface area (Å²) >= 11 is 5.77. The Bertz CT molecular complexity index is 598. The number of hydrogen-bond donors (Lipinski definition) is 0. The van der Waals surface area contributed by atoms with Crippen molar-refractivity contribution in [2.24, 2.45) is 0 Å². The third-order valence-electron chi connectivity index (χ3n) is 3.18. The molecule has 1 aromatic carbocycles. The second-order valence-electron chi connectivity index (χ2n) is 4.51. The summed E-state index contributed by atoms with van der Waals surface area (Å²) in [6.07, 6.45) is 5.21.